The summed E-state index contributed by atoms with van der Waals surface area (Å²) in [6.07, 6.45) is 7.07. The molecule has 0 aromatic heterocycles. The molecule has 146 valence electrons. The fraction of sp³-hybridized carbons (Fsp3) is 0.0769. The molecule has 2 amide bonds. The van der Waals surface area contributed by atoms with Crippen LogP contribution in [-0.4, -0.2) is 18.4 Å². The van der Waals surface area contributed by atoms with E-state index in [0.29, 0.717) is 33.7 Å². The van der Waals surface area contributed by atoms with Crippen LogP contribution in [0, 0.1) is 19.3 Å². The van der Waals surface area contributed by atoms with Gasteiger partial charge in [-0.05, 0) is 42.3 Å². The first kappa shape index (κ1) is 19.2. The minimum atomic E-state index is -0.375. The number of fused-ring (bicyclic) bond motifs is 1. The van der Waals surface area contributed by atoms with E-state index in [-0.39, 0.29) is 18.4 Å². The number of terminal acetylenes is 1. The number of para-hydroxylation sites is 2. The van der Waals surface area contributed by atoms with Crippen molar-refractivity contribution < 1.29 is 14.3 Å². The maximum absolute atomic E-state index is 13.5. The average Bonchev–Trinajstić information content (AvgIpc) is 2.77. The Morgan fingerprint density at radius 1 is 0.900 bits per heavy atom. The number of hydrogen-bond donors (Lipinski definition) is 0. The van der Waals surface area contributed by atoms with Crippen molar-refractivity contribution in [1.82, 2.24) is 0 Å². The van der Waals surface area contributed by atoms with Crippen molar-refractivity contribution in [3.8, 4) is 18.1 Å². The van der Waals surface area contributed by atoms with Crippen molar-refractivity contribution in [3.05, 3.63) is 95.1 Å². The van der Waals surface area contributed by atoms with E-state index in [4.69, 9.17) is 11.2 Å². The maximum Gasteiger partial charge on any atom is 0.265 e. The minimum Gasteiger partial charge on any atom is -0.480 e. The molecule has 3 aromatic carbocycles. The maximum atomic E-state index is 13.5. The summed E-state index contributed by atoms with van der Waals surface area (Å²) in [7, 11) is 0. The summed E-state index contributed by atoms with van der Waals surface area (Å²) >= 11 is 0. The van der Waals surface area contributed by atoms with Gasteiger partial charge in [-0.3, -0.25) is 9.59 Å². The third-order valence-electron chi connectivity index (χ3n) is 4.97. The zero-order valence-corrected chi connectivity index (χ0v) is 16.5. The number of hydrogen-bond acceptors (Lipinski definition) is 3. The highest BCUT2D eigenvalue weighted by Crippen LogP contribution is 2.35. The Kier molecular flexibility index (Phi) is 5.19. The van der Waals surface area contributed by atoms with Crippen molar-refractivity contribution in [2.24, 2.45) is 0 Å². The molecule has 0 fully saturated rings. The molecular formula is C26H19NO3. The normalized spacial score (nSPS) is 14.4. The number of rotatable bonds is 4. The summed E-state index contributed by atoms with van der Waals surface area (Å²) in [5, 5.41) is 0. The molecule has 0 spiro atoms. The molecule has 4 nitrogen and oxygen atoms in total. The summed E-state index contributed by atoms with van der Waals surface area (Å²) in [5.74, 6) is 2.32. The quantitative estimate of drug-likeness (QED) is 0.366. The molecular weight excluding hydrogens is 374 g/mol. The highest BCUT2D eigenvalue weighted by molar-refractivity contribution is 6.43. The number of carbonyl (C=O) groups is 2. The van der Waals surface area contributed by atoms with Gasteiger partial charge in [-0.1, -0.05) is 60.5 Å². The van der Waals surface area contributed by atoms with E-state index in [9.17, 15) is 9.59 Å². The second-order valence-corrected chi connectivity index (χ2v) is 6.87. The fourth-order valence-corrected chi connectivity index (χ4v) is 3.53. The molecule has 0 radical (unpaired) electrons. The third-order valence-corrected chi connectivity index (χ3v) is 4.97. The first-order valence-electron chi connectivity index (χ1n) is 9.52. The molecule has 30 heavy (non-hydrogen) atoms. The molecule has 3 aromatic rings. The molecule has 1 aliphatic heterocycles. The molecule has 0 aliphatic carbocycles. The van der Waals surface area contributed by atoms with Crippen LogP contribution in [-0.2, 0) is 4.79 Å². The number of carbonyl (C=O) groups excluding carboxylic acids is 2. The van der Waals surface area contributed by atoms with Crippen LogP contribution in [0.3, 0.4) is 0 Å². The van der Waals surface area contributed by atoms with E-state index in [1.807, 2.05) is 49.4 Å². The molecule has 0 saturated carbocycles. The monoisotopic (exact) mass is 393 g/mol. The molecule has 0 unspecified atom stereocenters. The molecule has 1 aliphatic rings. The van der Waals surface area contributed by atoms with Crippen molar-refractivity contribution in [2.45, 2.75) is 6.92 Å². The predicted octanol–water partition coefficient (Wildman–Crippen LogP) is 4.73. The largest absolute Gasteiger partial charge is 0.480 e. The van der Waals surface area contributed by atoms with Gasteiger partial charge in [-0.25, -0.2) is 4.90 Å². The standard InChI is InChI=1S/C26H19NO3/c1-3-16-30-24-15-9-5-11-19(24)17-22-20-12-6-7-13-21(20)25(28)27(26(22)29)23-14-8-4-10-18(23)2/h1,4-15,17H,16H2,2H3/b22-17-. The molecule has 0 bridgehead atoms. The second-order valence-electron chi connectivity index (χ2n) is 6.87. The molecule has 1 heterocycles. The van der Waals surface area contributed by atoms with Crippen LogP contribution >= 0.6 is 0 Å². The van der Waals surface area contributed by atoms with E-state index in [0.717, 1.165) is 5.56 Å². The zero-order chi connectivity index (χ0) is 21.1. The molecule has 0 saturated heterocycles. The summed E-state index contributed by atoms with van der Waals surface area (Å²) in [5.41, 5.74) is 3.63. The number of anilines is 1. The fourth-order valence-electron chi connectivity index (χ4n) is 3.53. The Morgan fingerprint density at radius 2 is 1.57 bits per heavy atom. The Labute approximate surface area is 175 Å². The Morgan fingerprint density at radius 3 is 2.33 bits per heavy atom. The SMILES string of the molecule is C#CCOc1ccccc1/C=C1\C(=O)N(c2ccccc2C)C(=O)c2ccccc21. The van der Waals surface area contributed by atoms with Crippen molar-refractivity contribution in [2.75, 3.05) is 11.5 Å². The number of imide groups is 1. The number of amides is 2. The average molecular weight is 393 g/mol. The van der Waals surface area contributed by atoms with E-state index in [1.165, 1.54) is 4.90 Å². The topological polar surface area (TPSA) is 46.6 Å². The van der Waals surface area contributed by atoms with Gasteiger partial charge in [0.15, 0.2) is 0 Å². The lowest BCUT2D eigenvalue weighted by Crippen LogP contribution is -2.42. The highest BCUT2D eigenvalue weighted by Gasteiger charge is 2.36. The van der Waals surface area contributed by atoms with Gasteiger partial charge < -0.3 is 4.74 Å². The third kappa shape index (κ3) is 3.38. The number of nitrogens with zero attached hydrogens (tertiary/aromatic N) is 1. The summed E-state index contributed by atoms with van der Waals surface area (Å²) in [6, 6.07) is 21.8. The van der Waals surface area contributed by atoms with Crippen molar-refractivity contribution in [3.63, 3.8) is 0 Å². The Balaban J connectivity index is 1.90. The highest BCUT2D eigenvalue weighted by atomic mass is 16.5. The van der Waals surface area contributed by atoms with Gasteiger partial charge in [-0.2, -0.15) is 0 Å². The summed E-state index contributed by atoms with van der Waals surface area (Å²) in [6.45, 7) is 2.00. The van der Waals surface area contributed by atoms with E-state index in [1.54, 1.807) is 36.4 Å². The minimum absolute atomic E-state index is 0.124. The first-order chi connectivity index (χ1) is 14.6. The summed E-state index contributed by atoms with van der Waals surface area (Å²) < 4.78 is 5.63. The van der Waals surface area contributed by atoms with E-state index >= 15 is 0 Å². The van der Waals surface area contributed by atoms with E-state index < -0.39 is 0 Å². The smallest absolute Gasteiger partial charge is 0.265 e. The van der Waals surface area contributed by atoms with Crippen LogP contribution in [0.1, 0.15) is 27.0 Å². The van der Waals surface area contributed by atoms with Gasteiger partial charge in [0.05, 0.1) is 5.69 Å². The molecule has 4 heteroatoms. The van der Waals surface area contributed by atoms with Crippen LogP contribution in [0.4, 0.5) is 5.69 Å². The Hall–Kier alpha value is -4.10. The lowest BCUT2D eigenvalue weighted by atomic mass is 9.91. The zero-order valence-electron chi connectivity index (χ0n) is 16.5. The lowest BCUT2D eigenvalue weighted by molar-refractivity contribution is -0.112. The second kappa shape index (κ2) is 8.10. The van der Waals surface area contributed by atoms with Crippen LogP contribution in [0.25, 0.3) is 11.6 Å². The van der Waals surface area contributed by atoms with Crippen LogP contribution < -0.4 is 9.64 Å². The van der Waals surface area contributed by atoms with Gasteiger partial charge >= 0.3 is 0 Å². The molecule has 0 atom stereocenters. The predicted molar refractivity (Wildman–Crippen MR) is 118 cm³/mol. The molecule has 0 N–H and O–H groups in total. The van der Waals surface area contributed by atoms with Crippen LogP contribution in [0.5, 0.6) is 5.75 Å². The van der Waals surface area contributed by atoms with Crippen LogP contribution in [0.2, 0.25) is 0 Å². The Bertz CT molecular complexity index is 1220. The van der Waals surface area contributed by atoms with Gasteiger partial charge in [0.1, 0.15) is 12.4 Å². The number of aryl methyl sites for hydroxylation is 1. The number of benzene rings is 3. The first-order valence-corrected chi connectivity index (χ1v) is 9.52. The van der Waals surface area contributed by atoms with Gasteiger partial charge in [-0.15, -0.1) is 6.42 Å². The summed E-state index contributed by atoms with van der Waals surface area (Å²) in [4.78, 5) is 28.0. The lowest BCUT2D eigenvalue weighted by Gasteiger charge is -2.29. The van der Waals surface area contributed by atoms with Gasteiger partial charge in [0.25, 0.3) is 11.8 Å². The van der Waals surface area contributed by atoms with E-state index in [2.05, 4.69) is 5.92 Å². The molecule has 4 rings (SSSR count). The van der Waals surface area contributed by atoms with Crippen molar-refractivity contribution in [1.29, 1.82) is 0 Å². The van der Waals surface area contributed by atoms with Crippen LogP contribution in [0.15, 0.2) is 72.8 Å². The van der Waals surface area contributed by atoms with Crippen molar-refractivity contribution >= 4 is 29.2 Å². The van der Waals surface area contributed by atoms with Gasteiger partial charge in [0.2, 0.25) is 0 Å². The number of ether oxygens (including phenoxy) is 1. The van der Waals surface area contributed by atoms with Gasteiger partial charge in [0, 0.05) is 16.7 Å².